The van der Waals surface area contributed by atoms with E-state index in [4.69, 9.17) is 4.74 Å². The predicted octanol–water partition coefficient (Wildman–Crippen LogP) is 1.11. The topological polar surface area (TPSA) is 118 Å². The first-order chi connectivity index (χ1) is 18.1. The number of rotatable bonds is 3. The van der Waals surface area contributed by atoms with Crippen LogP contribution in [0.2, 0.25) is 0 Å². The van der Waals surface area contributed by atoms with E-state index in [9.17, 15) is 19.5 Å². The lowest BCUT2D eigenvalue weighted by atomic mass is 9.72. The van der Waals surface area contributed by atoms with Crippen molar-refractivity contribution in [3.8, 4) is 0 Å². The van der Waals surface area contributed by atoms with E-state index in [-0.39, 0.29) is 30.2 Å². The number of benzene rings is 1. The van der Waals surface area contributed by atoms with Crippen molar-refractivity contribution < 1.29 is 24.2 Å². The van der Waals surface area contributed by atoms with Crippen molar-refractivity contribution in [1.82, 2.24) is 25.0 Å². The molecule has 6 unspecified atom stereocenters. The first-order valence-electron chi connectivity index (χ1n) is 13.8. The van der Waals surface area contributed by atoms with Crippen LogP contribution in [-0.2, 0) is 25.5 Å². The molecule has 1 aromatic heterocycles. The van der Waals surface area contributed by atoms with Crippen LogP contribution in [0, 0.1) is 11.8 Å². The third-order valence-corrected chi connectivity index (χ3v) is 9.78. The fraction of sp³-hybridized carbons (Fsp3) is 0.607. The normalized spacial score (nSPS) is 36.6. The Kier molecular flexibility index (Phi) is 5.10. The van der Waals surface area contributed by atoms with E-state index in [1.54, 1.807) is 18.7 Å². The molecule has 2 aromatic rings. The molecule has 0 spiro atoms. The predicted molar refractivity (Wildman–Crippen MR) is 137 cm³/mol. The van der Waals surface area contributed by atoms with Crippen molar-refractivity contribution in [3.05, 3.63) is 35.5 Å². The number of hydrogen-bond acceptors (Lipinski definition) is 6. The lowest BCUT2D eigenvalue weighted by Crippen LogP contribution is -2.67. The quantitative estimate of drug-likeness (QED) is 0.557. The molecule has 4 fully saturated rings. The zero-order valence-electron chi connectivity index (χ0n) is 22.1. The molecule has 3 N–H and O–H groups in total. The number of piperidine rings is 1. The summed E-state index contributed by atoms with van der Waals surface area (Å²) in [5.41, 5.74) is 1.96. The van der Waals surface area contributed by atoms with Crippen molar-refractivity contribution >= 4 is 28.6 Å². The largest absolute Gasteiger partial charge is 0.361 e. The number of likely N-dealkylation sites (N-methyl/N-ethyl adjacent to an activating group) is 1. The summed E-state index contributed by atoms with van der Waals surface area (Å²) in [7, 11) is 2.06. The Morgan fingerprint density at radius 2 is 2.11 bits per heavy atom. The number of hydrogen-bond donors (Lipinski definition) is 3. The molecule has 5 heterocycles. The molecule has 1 aromatic carbocycles. The van der Waals surface area contributed by atoms with E-state index in [0.717, 1.165) is 23.3 Å². The van der Waals surface area contributed by atoms with Gasteiger partial charge in [0.05, 0.1) is 5.92 Å². The first kappa shape index (κ1) is 24.1. The molecule has 0 radical (unpaired) electrons. The average molecular weight is 522 g/mol. The Balaban J connectivity index is 1.18. The highest BCUT2D eigenvalue weighted by molar-refractivity contribution is 5.96. The van der Waals surface area contributed by atoms with Crippen LogP contribution in [0.25, 0.3) is 10.9 Å². The van der Waals surface area contributed by atoms with Crippen molar-refractivity contribution in [2.45, 2.75) is 69.2 Å². The smallest absolute Gasteiger partial charge is 0.281 e. The third kappa shape index (κ3) is 3.08. The summed E-state index contributed by atoms with van der Waals surface area (Å²) in [5.74, 6) is -3.59. The standard InChI is InChI=1S/C28H35N5O5/c1-15(2)27(26(36)33-14-23(34)32-9-5-8-22(32)28(33,37)38-27)30-25(35)17-10-19-18-6-4-7-20-24(18)16(12-29-20)11-21(19)31(3)13-17/h4,6-7,12,15,17,19,21-22,29,37H,5,8-11,13-14H2,1-3H3,(H,30,35). The number of ether oxygens (including phenoxy) is 1. The average Bonchev–Trinajstić information content (AvgIpc) is 3.59. The summed E-state index contributed by atoms with van der Waals surface area (Å²) in [6.45, 7) is 4.44. The molecule has 38 heavy (non-hydrogen) atoms. The second kappa shape index (κ2) is 8.03. The second-order valence-electron chi connectivity index (χ2n) is 12.1. The maximum Gasteiger partial charge on any atom is 0.281 e. The molecule has 3 amide bonds. The van der Waals surface area contributed by atoms with Crippen LogP contribution < -0.4 is 5.32 Å². The van der Waals surface area contributed by atoms with Crippen molar-refractivity contribution in [2.24, 2.45) is 11.8 Å². The van der Waals surface area contributed by atoms with Gasteiger partial charge >= 0.3 is 0 Å². The number of piperazine rings is 1. The summed E-state index contributed by atoms with van der Waals surface area (Å²) in [6.07, 6.45) is 4.96. The van der Waals surface area contributed by atoms with Gasteiger partial charge in [-0.15, -0.1) is 0 Å². The third-order valence-electron chi connectivity index (χ3n) is 9.78. The molecule has 4 saturated heterocycles. The van der Waals surface area contributed by atoms with E-state index in [1.807, 2.05) is 0 Å². The maximum atomic E-state index is 13.9. The zero-order chi connectivity index (χ0) is 26.6. The molecule has 10 nitrogen and oxygen atoms in total. The number of nitrogens with zero attached hydrogens (tertiary/aromatic N) is 3. The zero-order valence-corrected chi connectivity index (χ0v) is 22.1. The Bertz CT molecular complexity index is 1360. The summed E-state index contributed by atoms with van der Waals surface area (Å²) < 4.78 is 6.24. The number of H-pyrrole nitrogens is 1. The van der Waals surface area contributed by atoms with Gasteiger partial charge in [-0.1, -0.05) is 26.0 Å². The highest BCUT2D eigenvalue weighted by Gasteiger charge is 2.69. The lowest BCUT2D eigenvalue weighted by molar-refractivity contribution is -0.314. The van der Waals surface area contributed by atoms with Crippen LogP contribution in [0.15, 0.2) is 24.4 Å². The Morgan fingerprint density at radius 3 is 2.89 bits per heavy atom. The summed E-state index contributed by atoms with van der Waals surface area (Å²) in [5, 5.41) is 15.9. The van der Waals surface area contributed by atoms with Gasteiger partial charge in [-0.2, -0.15) is 0 Å². The number of carbonyl (C=O) groups excluding carboxylic acids is 3. The van der Waals surface area contributed by atoms with E-state index >= 15 is 0 Å². The molecular formula is C28H35N5O5. The van der Waals surface area contributed by atoms with Crippen LogP contribution in [-0.4, -0.2) is 92.9 Å². The van der Waals surface area contributed by atoms with Gasteiger partial charge < -0.3 is 25.2 Å². The SMILES string of the molecule is CC(C)C1(NC(=O)C2CC3c4cccc5[nH]cc(c45)CC3N(C)C2)OC2(O)C3CCCN3C(=O)CN2C1=O. The number of aromatic nitrogens is 1. The molecule has 10 heteroatoms. The highest BCUT2D eigenvalue weighted by atomic mass is 16.7. The fourth-order valence-electron chi connectivity index (χ4n) is 7.80. The molecule has 4 aliphatic heterocycles. The van der Waals surface area contributed by atoms with Gasteiger partial charge in [-0.3, -0.25) is 24.0 Å². The number of fused-ring (bicyclic) bond motifs is 5. The molecule has 6 atom stereocenters. The summed E-state index contributed by atoms with van der Waals surface area (Å²) >= 11 is 0. The van der Waals surface area contributed by atoms with Gasteiger partial charge in [0.1, 0.15) is 12.6 Å². The van der Waals surface area contributed by atoms with Crippen LogP contribution in [0.1, 0.15) is 50.2 Å². The molecule has 1 aliphatic carbocycles. The summed E-state index contributed by atoms with van der Waals surface area (Å²) in [6, 6.07) is 5.98. The van der Waals surface area contributed by atoms with Gasteiger partial charge in [0.25, 0.3) is 11.8 Å². The van der Waals surface area contributed by atoms with E-state index in [0.29, 0.717) is 32.0 Å². The number of amides is 3. The molecule has 0 bridgehead atoms. The van der Waals surface area contributed by atoms with Gasteiger partial charge in [0.2, 0.25) is 17.5 Å². The van der Waals surface area contributed by atoms with Gasteiger partial charge in [-0.05, 0) is 49.9 Å². The number of likely N-dealkylation sites (tertiary alicyclic amines) is 1. The van der Waals surface area contributed by atoms with E-state index < -0.39 is 29.5 Å². The first-order valence-corrected chi connectivity index (χ1v) is 13.8. The molecular weight excluding hydrogens is 486 g/mol. The minimum atomic E-state index is -1.95. The number of nitrogens with one attached hydrogen (secondary N) is 2. The van der Waals surface area contributed by atoms with Crippen LogP contribution in [0.5, 0.6) is 0 Å². The molecule has 202 valence electrons. The van der Waals surface area contributed by atoms with Crippen molar-refractivity contribution in [1.29, 1.82) is 0 Å². The number of carbonyl (C=O) groups is 3. The van der Waals surface area contributed by atoms with Crippen molar-refractivity contribution in [2.75, 3.05) is 26.7 Å². The van der Waals surface area contributed by atoms with Crippen LogP contribution >= 0.6 is 0 Å². The van der Waals surface area contributed by atoms with Gasteiger partial charge in [0, 0.05) is 48.1 Å². The number of aromatic amines is 1. The second-order valence-corrected chi connectivity index (χ2v) is 12.1. The Hall–Kier alpha value is -2.95. The van der Waals surface area contributed by atoms with Crippen LogP contribution in [0.4, 0.5) is 0 Å². The van der Waals surface area contributed by atoms with Crippen molar-refractivity contribution in [3.63, 3.8) is 0 Å². The number of aliphatic hydroxyl groups is 1. The minimum Gasteiger partial charge on any atom is -0.361 e. The van der Waals surface area contributed by atoms with Gasteiger partial charge in [-0.25, -0.2) is 0 Å². The Morgan fingerprint density at radius 1 is 1.29 bits per heavy atom. The van der Waals surface area contributed by atoms with Gasteiger partial charge in [0.15, 0.2) is 0 Å². The molecule has 5 aliphatic rings. The fourth-order valence-corrected chi connectivity index (χ4v) is 7.80. The Labute approximate surface area is 221 Å². The molecule has 0 saturated carbocycles. The minimum absolute atomic E-state index is 0.187. The highest BCUT2D eigenvalue weighted by Crippen LogP contribution is 2.47. The monoisotopic (exact) mass is 521 g/mol. The molecule has 7 rings (SSSR count). The van der Waals surface area contributed by atoms with E-state index in [1.165, 1.54) is 16.5 Å². The van der Waals surface area contributed by atoms with E-state index in [2.05, 4.69) is 46.6 Å². The lowest BCUT2D eigenvalue weighted by Gasteiger charge is -2.46. The summed E-state index contributed by atoms with van der Waals surface area (Å²) in [4.78, 5) is 48.9. The van der Waals surface area contributed by atoms with Crippen LogP contribution in [0.3, 0.4) is 0 Å². The maximum absolute atomic E-state index is 13.9.